The maximum Gasteiger partial charge on any atom is 0.236 e. The number of aromatic nitrogens is 1. The summed E-state index contributed by atoms with van der Waals surface area (Å²) in [5, 5.41) is 1.01. The molecule has 2 aromatic rings. The van der Waals surface area contributed by atoms with Gasteiger partial charge in [-0.05, 0) is 17.0 Å². The fraction of sp³-hybridized carbons (Fsp3) is 0.385. The number of hydrogen-bond acceptors (Lipinski definition) is 2. The zero-order valence-electron chi connectivity index (χ0n) is 10.6. The summed E-state index contributed by atoms with van der Waals surface area (Å²) in [6, 6.07) is 7.60. The van der Waals surface area contributed by atoms with Crippen LogP contribution >= 0.6 is 0 Å². The first-order valence-electron chi connectivity index (χ1n) is 5.52. The molecule has 0 unspecified atom stereocenters. The SMILES string of the molecule is CC(C)(C)c1cn(S(C)(=O)=O)c2ccccc12. The Morgan fingerprint density at radius 3 is 2.24 bits per heavy atom. The van der Waals surface area contributed by atoms with Gasteiger partial charge in [0, 0.05) is 11.6 Å². The molecule has 2 rings (SSSR count). The Bertz CT molecular complexity index is 660. The fourth-order valence-electron chi connectivity index (χ4n) is 2.02. The van der Waals surface area contributed by atoms with E-state index in [0.717, 1.165) is 16.5 Å². The molecule has 1 aromatic heterocycles. The predicted molar refractivity (Wildman–Crippen MR) is 70.9 cm³/mol. The van der Waals surface area contributed by atoms with Gasteiger partial charge in [0.1, 0.15) is 0 Å². The molecule has 0 fully saturated rings. The third-order valence-electron chi connectivity index (χ3n) is 2.84. The number of nitrogens with zero attached hydrogens (tertiary/aromatic N) is 1. The molecule has 4 heteroatoms. The van der Waals surface area contributed by atoms with Gasteiger partial charge in [-0.15, -0.1) is 0 Å². The van der Waals surface area contributed by atoms with Gasteiger partial charge in [-0.25, -0.2) is 12.4 Å². The molecule has 0 aliphatic rings. The highest BCUT2D eigenvalue weighted by Crippen LogP contribution is 2.32. The molecule has 0 atom stereocenters. The van der Waals surface area contributed by atoms with E-state index in [9.17, 15) is 8.42 Å². The van der Waals surface area contributed by atoms with Crippen LogP contribution < -0.4 is 0 Å². The Balaban J connectivity index is 2.91. The third-order valence-corrected chi connectivity index (χ3v) is 3.86. The highest BCUT2D eigenvalue weighted by atomic mass is 32.2. The average Bonchev–Trinajstić information content (AvgIpc) is 2.55. The number of rotatable bonds is 1. The van der Waals surface area contributed by atoms with Crippen LogP contribution in [0.1, 0.15) is 26.3 Å². The monoisotopic (exact) mass is 251 g/mol. The lowest BCUT2D eigenvalue weighted by Crippen LogP contribution is -2.11. The molecule has 0 spiro atoms. The molecule has 0 aliphatic heterocycles. The summed E-state index contributed by atoms with van der Waals surface area (Å²) in [5.41, 5.74) is 1.73. The van der Waals surface area contributed by atoms with Crippen LogP contribution in [0, 0.1) is 0 Å². The largest absolute Gasteiger partial charge is 0.245 e. The first-order valence-corrected chi connectivity index (χ1v) is 7.37. The summed E-state index contributed by atoms with van der Waals surface area (Å²) >= 11 is 0. The third kappa shape index (κ3) is 2.09. The molecule has 0 saturated heterocycles. The van der Waals surface area contributed by atoms with Gasteiger partial charge in [0.15, 0.2) is 0 Å². The molecule has 17 heavy (non-hydrogen) atoms. The second kappa shape index (κ2) is 3.60. The lowest BCUT2D eigenvalue weighted by atomic mass is 9.87. The molecular weight excluding hydrogens is 234 g/mol. The van der Waals surface area contributed by atoms with E-state index in [1.54, 1.807) is 6.20 Å². The molecule has 0 N–H and O–H groups in total. The van der Waals surface area contributed by atoms with Gasteiger partial charge in [-0.2, -0.15) is 0 Å². The normalized spacial score (nSPS) is 13.2. The van der Waals surface area contributed by atoms with Crippen molar-refractivity contribution in [2.24, 2.45) is 0 Å². The lowest BCUT2D eigenvalue weighted by Gasteiger charge is -2.17. The van der Waals surface area contributed by atoms with Gasteiger partial charge < -0.3 is 0 Å². The van der Waals surface area contributed by atoms with Crippen LogP contribution in [0.3, 0.4) is 0 Å². The first kappa shape index (κ1) is 12.2. The molecule has 3 nitrogen and oxygen atoms in total. The first-order chi connectivity index (χ1) is 7.71. The Morgan fingerprint density at radius 2 is 1.71 bits per heavy atom. The van der Waals surface area contributed by atoms with Crippen molar-refractivity contribution < 1.29 is 8.42 Å². The molecular formula is C13H17NO2S. The summed E-state index contributed by atoms with van der Waals surface area (Å²) in [7, 11) is -3.25. The second-order valence-corrected chi connectivity index (χ2v) is 7.23. The van der Waals surface area contributed by atoms with Gasteiger partial charge in [-0.1, -0.05) is 39.0 Å². The average molecular weight is 251 g/mol. The molecule has 1 aromatic carbocycles. The Kier molecular flexibility index (Phi) is 2.58. The van der Waals surface area contributed by atoms with Crippen LogP contribution in [0.2, 0.25) is 0 Å². The molecule has 92 valence electrons. The molecule has 0 bridgehead atoms. The van der Waals surface area contributed by atoms with E-state index in [4.69, 9.17) is 0 Å². The van der Waals surface area contributed by atoms with E-state index in [1.165, 1.54) is 10.2 Å². The van der Waals surface area contributed by atoms with Gasteiger partial charge in [-0.3, -0.25) is 0 Å². The van der Waals surface area contributed by atoms with Crippen molar-refractivity contribution in [3.8, 4) is 0 Å². The minimum absolute atomic E-state index is 0.0739. The van der Waals surface area contributed by atoms with Gasteiger partial charge in [0.05, 0.1) is 11.8 Å². The fourth-order valence-corrected chi connectivity index (χ4v) is 2.84. The van der Waals surface area contributed by atoms with Gasteiger partial charge in [0.2, 0.25) is 10.0 Å². The van der Waals surface area contributed by atoms with Crippen molar-refractivity contribution in [3.05, 3.63) is 36.0 Å². The van der Waals surface area contributed by atoms with Crippen molar-refractivity contribution >= 4 is 20.9 Å². The zero-order valence-corrected chi connectivity index (χ0v) is 11.4. The van der Waals surface area contributed by atoms with E-state index < -0.39 is 10.0 Å². The smallest absolute Gasteiger partial charge is 0.236 e. The van der Waals surface area contributed by atoms with Crippen molar-refractivity contribution in [2.45, 2.75) is 26.2 Å². The Labute approximate surface area is 102 Å². The molecule has 1 heterocycles. The topological polar surface area (TPSA) is 39.1 Å². The number of benzene rings is 1. The van der Waals surface area contributed by atoms with E-state index in [2.05, 4.69) is 20.8 Å². The molecule has 0 aliphatic carbocycles. The predicted octanol–water partition coefficient (Wildman–Crippen LogP) is 2.75. The van der Waals surface area contributed by atoms with Crippen molar-refractivity contribution in [2.75, 3.05) is 6.26 Å². The van der Waals surface area contributed by atoms with Gasteiger partial charge in [0.25, 0.3) is 0 Å². The summed E-state index contributed by atoms with van der Waals surface area (Å²) in [6.45, 7) is 6.25. The summed E-state index contributed by atoms with van der Waals surface area (Å²) in [6.07, 6.45) is 2.96. The van der Waals surface area contributed by atoms with Crippen LogP contribution in [0.5, 0.6) is 0 Å². The van der Waals surface area contributed by atoms with Gasteiger partial charge >= 0.3 is 0 Å². The van der Waals surface area contributed by atoms with Crippen molar-refractivity contribution in [1.82, 2.24) is 3.97 Å². The molecule has 0 radical (unpaired) electrons. The minimum atomic E-state index is -3.25. The summed E-state index contributed by atoms with van der Waals surface area (Å²) in [5.74, 6) is 0. The zero-order chi connectivity index (χ0) is 12.8. The van der Waals surface area contributed by atoms with Crippen molar-refractivity contribution in [3.63, 3.8) is 0 Å². The summed E-state index contributed by atoms with van der Waals surface area (Å²) in [4.78, 5) is 0. The highest BCUT2D eigenvalue weighted by molar-refractivity contribution is 7.89. The van der Waals surface area contributed by atoms with Crippen molar-refractivity contribution in [1.29, 1.82) is 0 Å². The quantitative estimate of drug-likeness (QED) is 0.781. The number of fused-ring (bicyclic) bond motifs is 1. The summed E-state index contributed by atoms with van der Waals surface area (Å²) < 4.78 is 24.9. The number of hydrogen-bond donors (Lipinski definition) is 0. The maximum absolute atomic E-state index is 11.8. The highest BCUT2D eigenvalue weighted by Gasteiger charge is 2.22. The Hall–Kier alpha value is -1.29. The van der Waals surface area contributed by atoms with Crippen LogP contribution in [0.4, 0.5) is 0 Å². The maximum atomic E-state index is 11.8. The Morgan fingerprint density at radius 1 is 1.12 bits per heavy atom. The van der Waals surface area contributed by atoms with Crippen LogP contribution in [0.25, 0.3) is 10.9 Å². The molecule has 0 amide bonds. The van der Waals surface area contributed by atoms with E-state index in [0.29, 0.717) is 0 Å². The van der Waals surface area contributed by atoms with Crippen LogP contribution in [-0.2, 0) is 15.4 Å². The molecule has 0 saturated carbocycles. The second-order valence-electron chi connectivity index (χ2n) is 5.37. The standard InChI is InChI=1S/C13H17NO2S/c1-13(2,3)11-9-14(17(4,15)16)12-8-6-5-7-10(11)12/h5-9H,1-4H3. The number of para-hydroxylation sites is 1. The van der Waals surface area contributed by atoms with Crippen LogP contribution in [0.15, 0.2) is 30.5 Å². The lowest BCUT2D eigenvalue weighted by molar-refractivity contribution is 0.587. The van der Waals surface area contributed by atoms with Crippen LogP contribution in [-0.4, -0.2) is 18.6 Å². The van der Waals surface area contributed by atoms with E-state index in [1.807, 2.05) is 24.3 Å². The van der Waals surface area contributed by atoms with E-state index in [-0.39, 0.29) is 5.41 Å². The van der Waals surface area contributed by atoms with E-state index >= 15 is 0 Å². The minimum Gasteiger partial charge on any atom is -0.245 e.